The molecule has 1 unspecified atom stereocenters. The van der Waals surface area contributed by atoms with Crippen LogP contribution >= 0.6 is 0 Å². The van der Waals surface area contributed by atoms with Gasteiger partial charge >= 0.3 is 0 Å². The van der Waals surface area contributed by atoms with Crippen LogP contribution in [-0.2, 0) is 24.7 Å². The predicted octanol–water partition coefficient (Wildman–Crippen LogP) is -0.649. The predicted molar refractivity (Wildman–Crippen MR) is 76.5 cm³/mol. The van der Waals surface area contributed by atoms with Crippen molar-refractivity contribution in [2.75, 3.05) is 30.9 Å². The van der Waals surface area contributed by atoms with E-state index in [0.29, 0.717) is 13.0 Å². The van der Waals surface area contributed by atoms with Crippen LogP contribution < -0.4 is 5.32 Å². The van der Waals surface area contributed by atoms with E-state index in [0.717, 1.165) is 17.0 Å². The van der Waals surface area contributed by atoms with Crippen LogP contribution in [0.2, 0.25) is 0 Å². The summed E-state index contributed by atoms with van der Waals surface area (Å²) in [5.41, 5.74) is 0. The number of amides is 1. The van der Waals surface area contributed by atoms with Crippen molar-refractivity contribution in [1.82, 2.24) is 9.62 Å². The van der Waals surface area contributed by atoms with E-state index in [1.54, 1.807) is 0 Å². The van der Waals surface area contributed by atoms with Crippen molar-refractivity contribution in [3.63, 3.8) is 0 Å². The fraction of sp³-hybridized carbons (Fsp3) is 0.909. The van der Waals surface area contributed by atoms with Gasteiger partial charge in [0, 0.05) is 25.6 Å². The highest BCUT2D eigenvalue weighted by Crippen LogP contribution is 2.20. The monoisotopic (exact) mass is 326 g/mol. The van der Waals surface area contributed by atoms with Crippen LogP contribution in [-0.4, -0.2) is 63.9 Å². The lowest BCUT2D eigenvalue weighted by molar-refractivity contribution is -0.121. The molecule has 1 fully saturated rings. The molecule has 1 atom stereocenters. The quantitative estimate of drug-likeness (QED) is 0.670. The van der Waals surface area contributed by atoms with Crippen LogP contribution in [0.15, 0.2) is 0 Å². The van der Waals surface area contributed by atoms with Crippen molar-refractivity contribution in [3.05, 3.63) is 0 Å². The Morgan fingerprint density at radius 1 is 1.40 bits per heavy atom. The molecule has 1 aliphatic rings. The highest BCUT2D eigenvalue weighted by atomic mass is 32.2. The minimum absolute atomic E-state index is 0.00567. The van der Waals surface area contributed by atoms with Gasteiger partial charge in [0.1, 0.15) is 0 Å². The van der Waals surface area contributed by atoms with Crippen LogP contribution in [0, 0.1) is 0 Å². The second-order valence-electron chi connectivity index (χ2n) is 5.03. The molecule has 0 aliphatic carbocycles. The summed E-state index contributed by atoms with van der Waals surface area (Å²) in [4.78, 5) is 11.5. The summed E-state index contributed by atoms with van der Waals surface area (Å²) in [5.74, 6) is -0.371. The molecule has 1 rings (SSSR count). The lowest BCUT2D eigenvalue weighted by Crippen LogP contribution is -2.42. The number of sulfone groups is 1. The van der Waals surface area contributed by atoms with Gasteiger partial charge in [-0.1, -0.05) is 6.92 Å². The number of carbonyl (C=O) groups excluding carboxylic acids is 1. The Labute approximate surface area is 120 Å². The Balaban J connectivity index is 2.66. The third-order valence-corrected chi connectivity index (χ3v) is 6.26. The van der Waals surface area contributed by atoms with E-state index >= 15 is 0 Å². The Hall–Kier alpha value is -0.670. The maximum Gasteiger partial charge on any atom is 0.221 e. The molecule has 1 N–H and O–H groups in total. The van der Waals surface area contributed by atoms with Crippen LogP contribution in [0.1, 0.15) is 26.2 Å². The van der Waals surface area contributed by atoms with Crippen molar-refractivity contribution < 1.29 is 21.6 Å². The maximum absolute atomic E-state index is 11.8. The normalized spacial score (nSPS) is 22.1. The number of hydrogen-bond donors (Lipinski definition) is 1. The van der Waals surface area contributed by atoms with Gasteiger partial charge in [-0.2, -0.15) is 4.31 Å². The van der Waals surface area contributed by atoms with E-state index in [1.807, 2.05) is 6.92 Å². The van der Waals surface area contributed by atoms with Gasteiger partial charge in [0.25, 0.3) is 0 Å². The SMILES string of the molecule is CCCNC(=O)CCN(C1CCS(=O)(=O)C1)S(C)(=O)=O. The van der Waals surface area contributed by atoms with Gasteiger partial charge < -0.3 is 5.32 Å². The zero-order valence-electron chi connectivity index (χ0n) is 11.8. The summed E-state index contributed by atoms with van der Waals surface area (Å²) in [6.07, 6.45) is 2.19. The second-order valence-corrected chi connectivity index (χ2v) is 9.19. The molecule has 0 bridgehead atoms. The summed E-state index contributed by atoms with van der Waals surface area (Å²) >= 11 is 0. The fourth-order valence-electron chi connectivity index (χ4n) is 2.19. The molecule has 0 aromatic carbocycles. The number of nitrogens with zero attached hydrogens (tertiary/aromatic N) is 1. The van der Waals surface area contributed by atoms with Gasteiger partial charge in [0.2, 0.25) is 15.9 Å². The summed E-state index contributed by atoms with van der Waals surface area (Å²) in [6, 6.07) is -0.547. The van der Waals surface area contributed by atoms with Crippen molar-refractivity contribution >= 4 is 25.8 Å². The van der Waals surface area contributed by atoms with E-state index in [9.17, 15) is 21.6 Å². The zero-order valence-corrected chi connectivity index (χ0v) is 13.5. The summed E-state index contributed by atoms with van der Waals surface area (Å²) < 4.78 is 47.6. The lowest BCUT2D eigenvalue weighted by atomic mass is 10.2. The van der Waals surface area contributed by atoms with Crippen LogP contribution in [0.5, 0.6) is 0 Å². The number of carbonyl (C=O) groups is 1. The molecule has 0 saturated carbocycles. The lowest BCUT2D eigenvalue weighted by Gasteiger charge is -2.25. The van der Waals surface area contributed by atoms with Crippen LogP contribution in [0.4, 0.5) is 0 Å². The number of hydrogen-bond acceptors (Lipinski definition) is 5. The summed E-state index contributed by atoms with van der Waals surface area (Å²) in [7, 11) is -6.69. The third kappa shape index (κ3) is 5.37. The van der Waals surface area contributed by atoms with Gasteiger partial charge in [0.05, 0.1) is 17.8 Å². The molecule has 1 saturated heterocycles. The Kier molecular flexibility index (Phi) is 5.96. The number of nitrogens with one attached hydrogen (secondary N) is 1. The molecule has 1 amide bonds. The van der Waals surface area contributed by atoms with Crippen LogP contribution in [0.25, 0.3) is 0 Å². The Morgan fingerprint density at radius 3 is 2.50 bits per heavy atom. The molecule has 0 aromatic heterocycles. The van der Waals surface area contributed by atoms with E-state index in [-0.39, 0.29) is 30.4 Å². The Morgan fingerprint density at radius 2 is 2.05 bits per heavy atom. The Bertz CT molecular complexity index is 541. The average Bonchev–Trinajstić information content (AvgIpc) is 2.65. The first kappa shape index (κ1) is 17.4. The van der Waals surface area contributed by atoms with Crippen LogP contribution in [0.3, 0.4) is 0 Å². The standard InChI is InChI=1S/C11H22N2O5S2/c1-3-6-12-11(14)4-7-13(19(2,15)16)10-5-8-20(17,18)9-10/h10H,3-9H2,1-2H3,(H,12,14). The summed E-state index contributed by atoms with van der Waals surface area (Å²) in [5, 5.41) is 2.67. The smallest absolute Gasteiger partial charge is 0.221 e. The fourth-order valence-corrected chi connectivity index (χ4v) is 5.16. The van der Waals surface area contributed by atoms with Crippen molar-refractivity contribution in [2.45, 2.75) is 32.2 Å². The molecule has 0 spiro atoms. The van der Waals surface area contributed by atoms with Gasteiger partial charge in [-0.15, -0.1) is 0 Å². The second kappa shape index (κ2) is 6.86. The number of sulfonamides is 1. The first-order chi connectivity index (χ1) is 9.15. The van der Waals surface area contributed by atoms with E-state index in [1.165, 1.54) is 0 Å². The largest absolute Gasteiger partial charge is 0.356 e. The number of rotatable bonds is 7. The van der Waals surface area contributed by atoms with Crippen molar-refractivity contribution in [1.29, 1.82) is 0 Å². The van der Waals surface area contributed by atoms with Gasteiger partial charge in [0.15, 0.2) is 9.84 Å². The first-order valence-corrected chi connectivity index (χ1v) is 10.3. The molecule has 0 aromatic rings. The molecular weight excluding hydrogens is 304 g/mol. The topological polar surface area (TPSA) is 101 Å². The average molecular weight is 326 g/mol. The minimum Gasteiger partial charge on any atom is -0.356 e. The van der Waals surface area contributed by atoms with Gasteiger partial charge in [-0.05, 0) is 12.8 Å². The first-order valence-electron chi connectivity index (χ1n) is 6.59. The molecule has 7 nitrogen and oxygen atoms in total. The minimum atomic E-state index is -3.53. The van der Waals surface area contributed by atoms with Crippen molar-refractivity contribution in [2.24, 2.45) is 0 Å². The maximum atomic E-state index is 11.8. The molecule has 1 heterocycles. The molecular formula is C11H22N2O5S2. The third-order valence-electron chi connectivity index (χ3n) is 3.17. The molecule has 9 heteroatoms. The van der Waals surface area contributed by atoms with E-state index in [4.69, 9.17) is 0 Å². The summed E-state index contributed by atoms with van der Waals surface area (Å²) in [6.45, 7) is 2.50. The highest BCUT2D eigenvalue weighted by molar-refractivity contribution is 7.92. The van der Waals surface area contributed by atoms with E-state index < -0.39 is 25.9 Å². The highest BCUT2D eigenvalue weighted by Gasteiger charge is 2.36. The molecule has 0 radical (unpaired) electrons. The zero-order chi connectivity index (χ0) is 15.4. The van der Waals surface area contributed by atoms with Gasteiger partial charge in [-0.25, -0.2) is 16.8 Å². The van der Waals surface area contributed by atoms with Crippen molar-refractivity contribution in [3.8, 4) is 0 Å². The molecule has 118 valence electrons. The molecule has 20 heavy (non-hydrogen) atoms. The van der Waals surface area contributed by atoms with E-state index in [2.05, 4.69) is 5.32 Å². The van der Waals surface area contributed by atoms with Gasteiger partial charge in [-0.3, -0.25) is 4.79 Å². The molecule has 1 aliphatic heterocycles.